The Labute approximate surface area is 94.0 Å². The van der Waals surface area contributed by atoms with Crippen molar-refractivity contribution < 1.29 is 14.4 Å². The molecule has 0 aromatic carbocycles. The molecule has 2 rings (SSSR count). The van der Waals surface area contributed by atoms with Crippen LogP contribution >= 0.6 is 0 Å². The quantitative estimate of drug-likeness (QED) is 0.808. The molecule has 0 atom stereocenters. The van der Waals surface area contributed by atoms with Crippen molar-refractivity contribution in [2.24, 2.45) is 5.92 Å². The third-order valence-corrected chi connectivity index (χ3v) is 3.01. The Hall–Kier alpha value is -1.36. The summed E-state index contributed by atoms with van der Waals surface area (Å²) >= 11 is 0. The van der Waals surface area contributed by atoms with Crippen molar-refractivity contribution in [2.75, 3.05) is 19.7 Å². The summed E-state index contributed by atoms with van der Waals surface area (Å²) in [6.07, 6.45) is 1.72. The number of amides is 1. The van der Waals surface area contributed by atoms with E-state index in [0.717, 1.165) is 12.8 Å². The molecule has 1 aliphatic rings. The lowest BCUT2D eigenvalue weighted by atomic mass is 9.98. The van der Waals surface area contributed by atoms with Crippen LogP contribution in [0.4, 0.5) is 0 Å². The van der Waals surface area contributed by atoms with Gasteiger partial charge >= 0.3 is 0 Å². The highest BCUT2D eigenvalue weighted by Gasteiger charge is 2.24. The molecule has 0 aliphatic carbocycles. The van der Waals surface area contributed by atoms with E-state index in [1.807, 2.05) is 0 Å². The van der Waals surface area contributed by atoms with Gasteiger partial charge in [0.15, 0.2) is 5.69 Å². The molecular weight excluding hydrogens is 208 g/mol. The molecule has 16 heavy (non-hydrogen) atoms. The maximum absolute atomic E-state index is 11.9. The van der Waals surface area contributed by atoms with Crippen molar-refractivity contribution in [2.45, 2.75) is 19.8 Å². The minimum Gasteiger partial charge on any atom is -0.396 e. The normalized spacial score (nSPS) is 17.8. The number of hydrogen-bond acceptors (Lipinski definition) is 4. The van der Waals surface area contributed by atoms with Crippen LogP contribution in [-0.2, 0) is 0 Å². The first-order valence-corrected chi connectivity index (χ1v) is 5.54. The van der Waals surface area contributed by atoms with Crippen LogP contribution in [0.25, 0.3) is 0 Å². The van der Waals surface area contributed by atoms with E-state index < -0.39 is 0 Å². The summed E-state index contributed by atoms with van der Waals surface area (Å²) in [5.41, 5.74) is 0.375. The van der Waals surface area contributed by atoms with Crippen molar-refractivity contribution in [1.29, 1.82) is 0 Å². The molecule has 1 saturated heterocycles. The molecule has 1 aliphatic heterocycles. The van der Waals surface area contributed by atoms with Gasteiger partial charge in [-0.1, -0.05) is 5.16 Å². The summed E-state index contributed by atoms with van der Waals surface area (Å²) in [7, 11) is 0. The molecule has 5 heteroatoms. The Kier molecular flexibility index (Phi) is 3.24. The lowest BCUT2D eigenvalue weighted by Crippen LogP contribution is -2.39. The van der Waals surface area contributed by atoms with Crippen LogP contribution in [0.5, 0.6) is 0 Å². The van der Waals surface area contributed by atoms with Gasteiger partial charge in [0.25, 0.3) is 5.91 Å². The molecule has 0 radical (unpaired) electrons. The maximum Gasteiger partial charge on any atom is 0.276 e. The van der Waals surface area contributed by atoms with Crippen molar-refractivity contribution in [1.82, 2.24) is 10.1 Å². The van der Waals surface area contributed by atoms with Gasteiger partial charge in [-0.3, -0.25) is 4.79 Å². The number of rotatable bonds is 2. The lowest BCUT2D eigenvalue weighted by molar-refractivity contribution is 0.0641. The summed E-state index contributed by atoms with van der Waals surface area (Å²) in [4.78, 5) is 13.7. The molecule has 1 fully saturated rings. The fourth-order valence-electron chi connectivity index (χ4n) is 1.95. The Morgan fingerprint density at radius 1 is 1.62 bits per heavy atom. The van der Waals surface area contributed by atoms with E-state index in [2.05, 4.69) is 5.16 Å². The molecule has 0 spiro atoms. The van der Waals surface area contributed by atoms with Gasteiger partial charge in [-0.25, -0.2) is 0 Å². The van der Waals surface area contributed by atoms with E-state index in [-0.39, 0.29) is 12.5 Å². The fourth-order valence-corrected chi connectivity index (χ4v) is 1.95. The zero-order valence-corrected chi connectivity index (χ0v) is 9.35. The summed E-state index contributed by atoms with van der Waals surface area (Å²) in [6, 6.07) is 1.65. The molecule has 1 aromatic rings. The van der Waals surface area contributed by atoms with Gasteiger partial charge in [0.1, 0.15) is 5.76 Å². The summed E-state index contributed by atoms with van der Waals surface area (Å²) in [5.74, 6) is 0.907. The van der Waals surface area contributed by atoms with Crippen LogP contribution in [0.15, 0.2) is 10.6 Å². The molecule has 2 heterocycles. The Bertz CT molecular complexity index is 367. The van der Waals surface area contributed by atoms with E-state index in [1.54, 1.807) is 17.9 Å². The number of piperidine rings is 1. The topological polar surface area (TPSA) is 66.6 Å². The molecule has 5 nitrogen and oxygen atoms in total. The minimum absolute atomic E-state index is 0.0757. The monoisotopic (exact) mass is 224 g/mol. The number of carbonyl (C=O) groups excluding carboxylic acids is 1. The summed E-state index contributed by atoms with van der Waals surface area (Å²) in [5, 5.41) is 12.7. The van der Waals surface area contributed by atoms with Crippen LogP contribution in [0, 0.1) is 12.8 Å². The van der Waals surface area contributed by atoms with Crippen molar-refractivity contribution in [3.05, 3.63) is 17.5 Å². The average molecular weight is 224 g/mol. The Morgan fingerprint density at radius 2 is 2.31 bits per heavy atom. The molecule has 0 bridgehead atoms. The van der Waals surface area contributed by atoms with Gasteiger partial charge in [0, 0.05) is 25.8 Å². The van der Waals surface area contributed by atoms with E-state index in [1.165, 1.54) is 0 Å². The zero-order chi connectivity index (χ0) is 11.5. The van der Waals surface area contributed by atoms with E-state index in [4.69, 9.17) is 9.63 Å². The first-order chi connectivity index (χ1) is 7.70. The van der Waals surface area contributed by atoms with Gasteiger partial charge in [-0.05, 0) is 25.7 Å². The van der Waals surface area contributed by atoms with E-state index in [9.17, 15) is 4.79 Å². The highest BCUT2D eigenvalue weighted by atomic mass is 16.5. The highest BCUT2D eigenvalue weighted by molar-refractivity contribution is 5.92. The van der Waals surface area contributed by atoms with Crippen LogP contribution in [0.2, 0.25) is 0 Å². The Balaban J connectivity index is 1.96. The number of aliphatic hydroxyl groups is 1. The molecule has 88 valence electrons. The number of hydrogen-bond donors (Lipinski definition) is 1. The number of aromatic nitrogens is 1. The van der Waals surface area contributed by atoms with E-state index in [0.29, 0.717) is 30.5 Å². The second kappa shape index (κ2) is 4.65. The first kappa shape index (κ1) is 11.1. The lowest BCUT2D eigenvalue weighted by Gasteiger charge is -2.30. The highest BCUT2D eigenvalue weighted by Crippen LogP contribution is 2.18. The molecule has 0 saturated carbocycles. The van der Waals surface area contributed by atoms with Crippen molar-refractivity contribution >= 4 is 5.91 Å². The van der Waals surface area contributed by atoms with Crippen LogP contribution in [0.1, 0.15) is 29.1 Å². The molecule has 1 aromatic heterocycles. The largest absolute Gasteiger partial charge is 0.396 e. The smallest absolute Gasteiger partial charge is 0.276 e. The molecule has 1 N–H and O–H groups in total. The van der Waals surface area contributed by atoms with Crippen molar-refractivity contribution in [3.8, 4) is 0 Å². The maximum atomic E-state index is 11.9. The summed E-state index contributed by atoms with van der Waals surface area (Å²) < 4.78 is 4.88. The molecular formula is C11H16N2O3. The third kappa shape index (κ3) is 2.24. The third-order valence-electron chi connectivity index (χ3n) is 3.01. The van der Waals surface area contributed by atoms with Crippen LogP contribution in [-0.4, -0.2) is 40.8 Å². The van der Waals surface area contributed by atoms with E-state index >= 15 is 0 Å². The van der Waals surface area contributed by atoms with Gasteiger partial charge < -0.3 is 14.5 Å². The number of carbonyl (C=O) groups is 1. The van der Waals surface area contributed by atoms with Gasteiger partial charge in [0.05, 0.1) is 0 Å². The minimum atomic E-state index is -0.0757. The van der Waals surface area contributed by atoms with Gasteiger partial charge in [0.2, 0.25) is 0 Å². The second-order valence-corrected chi connectivity index (χ2v) is 4.24. The van der Waals surface area contributed by atoms with Crippen molar-refractivity contribution in [3.63, 3.8) is 0 Å². The van der Waals surface area contributed by atoms with Gasteiger partial charge in [-0.15, -0.1) is 0 Å². The fraction of sp³-hybridized carbons (Fsp3) is 0.636. The standard InChI is InChI=1S/C11H16N2O3/c1-8-6-10(12-16-8)11(15)13-4-2-9(7-14)3-5-13/h6,9,14H,2-5,7H2,1H3. The number of likely N-dealkylation sites (tertiary alicyclic amines) is 1. The molecule has 1 amide bonds. The SMILES string of the molecule is Cc1cc(C(=O)N2CCC(CO)CC2)no1. The predicted molar refractivity (Wildman–Crippen MR) is 57.0 cm³/mol. The summed E-state index contributed by atoms with van der Waals surface area (Å²) in [6.45, 7) is 3.36. The second-order valence-electron chi connectivity index (χ2n) is 4.24. The Morgan fingerprint density at radius 3 is 2.81 bits per heavy atom. The number of nitrogens with zero attached hydrogens (tertiary/aromatic N) is 2. The zero-order valence-electron chi connectivity index (χ0n) is 9.35. The molecule has 0 unspecified atom stereocenters. The average Bonchev–Trinajstić information content (AvgIpc) is 2.75. The number of aryl methyl sites for hydroxylation is 1. The number of aliphatic hydroxyl groups excluding tert-OH is 1. The van der Waals surface area contributed by atoms with Crippen LogP contribution in [0.3, 0.4) is 0 Å². The first-order valence-electron chi connectivity index (χ1n) is 5.54. The van der Waals surface area contributed by atoms with Gasteiger partial charge in [-0.2, -0.15) is 0 Å². The van der Waals surface area contributed by atoms with Crippen LogP contribution < -0.4 is 0 Å². The predicted octanol–water partition coefficient (Wildman–Crippen LogP) is 0.828.